The first kappa shape index (κ1) is 16.6. The molecule has 3 aromatic carbocycles. The zero-order valence-corrected chi connectivity index (χ0v) is 14.0. The number of nitro benzene ring substituents is 2. The molecular weight excluding hydrogens is 356 g/mol. The summed E-state index contributed by atoms with van der Waals surface area (Å²) in [7, 11) is 1.46. The first-order chi connectivity index (χ1) is 13.0. The highest BCUT2D eigenvalue weighted by Crippen LogP contribution is 2.46. The van der Waals surface area contributed by atoms with Crippen LogP contribution in [-0.4, -0.2) is 23.7 Å². The molecule has 0 aliphatic carbocycles. The highest BCUT2D eigenvalue weighted by molar-refractivity contribution is 6.00. The van der Waals surface area contributed by atoms with Gasteiger partial charge in [-0.2, -0.15) is 0 Å². The van der Waals surface area contributed by atoms with E-state index in [4.69, 9.17) is 14.2 Å². The highest BCUT2D eigenvalue weighted by Gasteiger charge is 2.29. The minimum absolute atomic E-state index is 0.0625. The molecule has 0 atom stereocenters. The molecule has 0 fully saturated rings. The summed E-state index contributed by atoms with van der Waals surface area (Å²) in [6.45, 7) is -0.0625. The normalized spacial score (nSPS) is 12.2. The molecule has 136 valence electrons. The first-order valence-electron chi connectivity index (χ1n) is 7.83. The summed E-state index contributed by atoms with van der Waals surface area (Å²) < 4.78 is 15.6. The number of benzene rings is 3. The van der Waals surface area contributed by atoms with Crippen molar-refractivity contribution in [3.63, 3.8) is 0 Å². The van der Waals surface area contributed by atoms with E-state index in [1.54, 1.807) is 18.2 Å². The van der Waals surface area contributed by atoms with Crippen molar-refractivity contribution in [2.24, 2.45) is 0 Å². The molecule has 0 radical (unpaired) electrons. The standard InChI is InChI=1S/C18H12N2O7/c1-25-11-4-2-10-3-5-12(18(20(23)24)13(10)6-11)14-7-16-17(27-9-26-16)8-15(14)19(21)22/h2-8H,9H2,1H3. The van der Waals surface area contributed by atoms with Gasteiger partial charge in [0.2, 0.25) is 6.79 Å². The lowest BCUT2D eigenvalue weighted by molar-refractivity contribution is -0.385. The van der Waals surface area contributed by atoms with Gasteiger partial charge in [0.05, 0.1) is 39.5 Å². The number of ether oxygens (including phenoxy) is 3. The van der Waals surface area contributed by atoms with Crippen LogP contribution in [0, 0.1) is 20.2 Å². The third kappa shape index (κ3) is 2.65. The third-order valence-electron chi connectivity index (χ3n) is 4.36. The second-order valence-corrected chi connectivity index (χ2v) is 5.79. The lowest BCUT2D eigenvalue weighted by Gasteiger charge is -2.09. The van der Waals surface area contributed by atoms with Crippen LogP contribution in [-0.2, 0) is 0 Å². The van der Waals surface area contributed by atoms with Crippen LogP contribution in [0.2, 0.25) is 0 Å². The molecular formula is C18H12N2O7. The molecule has 0 amide bonds. The molecule has 9 heteroatoms. The average molecular weight is 368 g/mol. The molecule has 1 aliphatic rings. The second kappa shape index (κ2) is 6.13. The molecule has 0 aromatic heterocycles. The van der Waals surface area contributed by atoms with Crippen molar-refractivity contribution in [2.75, 3.05) is 13.9 Å². The van der Waals surface area contributed by atoms with Gasteiger partial charge in [0.25, 0.3) is 11.4 Å². The van der Waals surface area contributed by atoms with Gasteiger partial charge in [-0.3, -0.25) is 20.2 Å². The fourth-order valence-corrected chi connectivity index (χ4v) is 3.12. The molecule has 1 heterocycles. The summed E-state index contributed by atoms with van der Waals surface area (Å²) in [5.74, 6) is 0.981. The van der Waals surface area contributed by atoms with Crippen LogP contribution < -0.4 is 14.2 Å². The van der Waals surface area contributed by atoms with Crippen molar-refractivity contribution < 1.29 is 24.1 Å². The fourth-order valence-electron chi connectivity index (χ4n) is 3.12. The van der Waals surface area contributed by atoms with E-state index in [0.717, 1.165) is 0 Å². The highest BCUT2D eigenvalue weighted by atomic mass is 16.7. The maximum absolute atomic E-state index is 11.9. The van der Waals surface area contributed by atoms with Crippen LogP contribution in [0.5, 0.6) is 17.2 Å². The number of methoxy groups -OCH3 is 1. The van der Waals surface area contributed by atoms with Gasteiger partial charge in [0.1, 0.15) is 5.75 Å². The number of hydrogen-bond donors (Lipinski definition) is 0. The van der Waals surface area contributed by atoms with Crippen molar-refractivity contribution in [3.8, 4) is 28.4 Å². The third-order valence-corrected chi connectivity index (χ3v) is 4.36. The van der Waals surface area contributed by atoms with Gasteiger partial charge in [0, 0.05) is 0 Å². The zero-order chi connectivity index (χ0) is 19.1. The number of fused-ring (bicyclic) bond motifs is 2. The van der Waals surface area contributed by atoms with Crippen LogP contribution in [0.15, 0.2) is 42.5 Å². The minimum atomic E-state index is -0.600. The molecule has 0 bridgehead atoms. The van der Waals surface area contributed by atoms with Gasteiger partial charge < -0.3 is 14.2 Å². The number of hydrogen-bond acceptors (Lipinski definition) is 7. The van der Waals surface area contributed by atoms with Crippen LogP contribution in [0.4, 0.5) is 11.4 Å². The molecule has 0 spiro atoms. The zero-order valence-electron chi connectivity index (χ0n) is 14.0. The molecule has 0 saturated carbocycles. The van der Waals surface area contributed by atoms with Gasteiger partial charge in [-0.1, -0.05) is 12.1 Å². The average Bonchev–Trinajstić information content (AvgIpc) is 3.12. The molecule has 9 nitrogen and oxygen atoms in total. The SMILES string of the molecule is COc1ccc2ccc(-c3cc4c(cc3[N+](=O)[O-])OCO4)c([N+](=O)[O-])c2c1. The van der Waals surface area contributed by atoms with Gasteiger partial charge in [0.15, 0.2) is 11.5 Å². The Kier molecular flexibility index (Phi) is 3.76. The van der Waals surface area contributed by atoms with E-state index in [9.17, 15) is 20.2 Å². The van der Waals surface area contributed by atoms with E-state index in [1.165, 1.54) is 31.4 Å². The Morgan fingerprint density at radius 1 is 0.926 bits per heavy atom. The lowest BCUT2D eigenvalue weighted by Crippen LogP contribution is -1.98. The summed E-state index contributed by atoms with van der Waals surface area (Å²) in [6.07, 6.45) is 0. The second-order valence-electron chi connectivity index (χ2n) is 5.79. The van der Waals surface area contributed by atoms with E-state index < -0.39 is 9.85 Å². The fraction of sp³-hybridized carbons (Fsp3) is 0.111. The van der Waals surface area contributed by atoms with E-state index in [0.29, 0.717) is 22.3 Å². The Balaban J connectivity index is 2.06. The topological polar surface area (TPSA) is 114 Å². The first-order valence-corrected chi connectivity index (χ1v) is 7.83. The van der Waals surface area contributed by atoms with Crippen molar-refractivity contribution in [2.45, 2.75) is 0 Å². The van der Waals surface area contributed by atoms with Crippen molar-refractivity contribution in [1.82, 2.24) is 0 Å². The number of nitrogens with zero attached hydrogens (tertiary/aromatic N) is 2. The molecule has 0 N–H and O–H groups in total. The Morgan fingerprint density at radius 3 is 2.30 bits per heavy atom. The monoisotopic (exact) mass is 368 g/mol. The Labute approximate surface area is 152 Å². The van der Waals surface area contributed by atoms with Crippen molar-refractivity contribution in [3.05, 3.63) is 62.7 Å². The predicted molar refractivity (Wildman–Crippen MR) is 95.4 cm³/mol. The Morgan fingerprint density at radius 2 is 1.63 bits per heavy atom. The molecule has 4 rings (SSSR count). The van der Waals surface area contributed by atoms with Crippen molar-refractivity contribution >= 4 is 22.1 Å². The Hall–Kier alpha value is -3.88. The van der Waals surface area contributed by atoms with Crippen molar-refractivity contribution in [1.29, 1.82) is 0 Å². The number of rotatable bonds is 4. The van der Waals surface area contributed by atoms with Gasteiger partial charge >= 0.3 is 0 Å². The molecule has 1 aliphatic heterocycles. The molecule has 27 heavy (non-hydrogen) atoms. The van der Waals surface area contributed by atoms with E-state index in [-0.39, 0.29) is 35.0 Å². The smallest absolute Gasteiger partial charge is 0.285 e. The van der Waals surface area contributed by atoms with Gasteiger partial charge in [-0.05, 0) is 29.7 Å². The van der Waals surface area contributed by atoms with Gasteiger partial charge in [-0.25, -0.2) is 0 Å². The Bertz CT molecular complexity index is 1110. The summed E-state index contributed by atoms with van der Waals surface area (Å²) >= 11 is 0. The largest absolute Gasteiger partial charge is 0.497 e. The maximum Gasteiger partial charge on any atom is 0.285 e. The predicted octanol–water partition coefficient (Wildman–Crippen LogP) is 4.06. The lowest BCUT2D eigenvalue weighted by atomic mass is 9.96. The van der Waals surface area contributed by atoms with Crippen LogP contribution in [0.25, 0.3) is 21.9 Å². The van der Waals surface area contributed by atoms with Crippen LogP contribution >= 0.6 is 0 Å². The van der Waals surface area contributed by atoms with Crippen LogP contribution in [0.1, 0.15) is 0 Å². The maximum atomic E-state index is 11.9. The van der Waals surface area contributed by atoms with E-state index in [1.807, 2.05) is 0 Å². The van der Waals surface area contributed by atoms with E-state index in [2.05, 4.69) is 0 Å². The molecule has 0 saturated heterocycles. The minimum Gasteiger partial charge on any atom is -0.497 e. The summed E-state index contributed by atoms with van der Waals surface area (Å²) in [5, 5.41) is 24.4. The van der Waals surface area contributed by atoms with E-state index >= 15 is 0 Å². The number of nitro groups is 2. The quantitative estimate of drug-likeness (QED) is 0.504. The van der Waals surface area contributed by atoms with Crippen LogP contribution in [0.3, 0.4) is 0 Å². The summed E-state index contributed by atoms with van der Waals surface area (Å²) in [6, 6.07) is 10.7. The van der Waals surface area contributed by atoms with Gasteiger partial charge in [-0.15, -0.1) is 0 Å². The summed E-state index contributed by atoms with van der Waals surface area (Å²) in [5.41, 5.74) is -0.343. The molecule has 0 unspecified atom stereocenters. The summed E-state index contributed by atoms with van der Waals surface area (Å²) in [4.78, 5) is 22.3. The molecule has 3 aromatic rings.